The normalized spacial score (nSPS) is 11.5. The molecule has 0 saturated heterocycles. The van der Waals surface area contributed by atoms with Crippen molar-refractivity contribution in [1.29, 1.82) is 0 Å². The van der Waals surface area contributed by atoms with Gasteiger partial charge in [0.25, 0.3) is 0 Å². The lowest BCUT2D eigenvalue weighted by atomic mass is 10.00. The molecule has 0 aromatic heterocycles. The maximum absolute atomic E-state index is 11.8. The first-order valence-electron chi connectivity index (χ1n) is 9.02. The molecule has 0 saturated carbocycles. The van der Waals surface area contributed by atoms with Gasteiger partial charge in [0, 0.05) is 10.6 Å². The van der Waals surface area contributed by atoms with Crippen molar-refractivity contribution < 1.29 is 9.53 Å². The fourth-order valence-corrected chi connectivity index (χ4v) is 4.87. The van der Waals surface area contributed by atoms with Gasteiger partial charge in [0.1, 0.15) is 11.2 Å². The molecule has 0 N–H and O–H groups in total. The van der Waals surface area contributed by atoms with Crippen molar-refractivity contribution in [2.24, 2.45) is 0 Å². The van der Waals surface area contributed by atoms with Gasteiger partial charge in [-0.2, -0.15) is 0 Å². The minimum atomic E-state index is -0.271. The Bertz CT molecular complexity index is 880. The number of halogens is 1. The van der Waals surface area contributed by atoms with E-state index in [1.54, 1.807) is 0 Å². The molecule has 0 bridgehead atoms. The van der Waals surface area contributed by atoms with E-state index in [-0.39, 0.29) is 16.9 Å². The highest BCUT2D eigenvalue weighted by Gasteiger charge is 2.23. The summed E-state index contributed by atoms with van der Waals surface area (Å²) in [7, 11) is 1.16. The number of methoxy groups -OCH3 is 1. The Hall–Kier alpha value is -2.49. The maximum atomic E-state index is 11.8. The van der Waals surface area contributed by atoms with E-state index in [1.165, 1.54) is 7.11 Å². The molecule has 3 aromatic rings. The van der Waals surface area contributed by atoms with Crippen molar-refractivity contribution in [2.75, 3.05) is 12.9 Å². The zero-order valence-corrected chi connectivity index (χ0v) is 17.2. The van der Waals surface area contributed by atoms with Crippen LogP contribution in [-0.4, -0.2) is 18.8 Å². The van der Waals surface area contributed by atoms with Gasteiger partial charge in [-0.3, -0.25) is 4.79 Å². The van der Waals surface area contributed by atoms with Crippen LogP contribution in [0.2, 0.25) is 5.02 Å². The van der Waals surface area contributed by atoms with E-state index in [1.807, 2.05) is 60.7 Å². The first-order chi connectivity index (χ1) is 13.7. The minimum Gasteiger partial charge on any atom is -0.469 e. The van der Waals surface area contributed by atoms with E-state index >= 15 is 0 Å². The topological polar surface area (TPSA) is 26.3 Å². The molecule has 1 unspecified atom stereocenters. The molecule has 0 radical (unpaired) electrons. The fourth-order valence-electron chi connectivity index (χ4n) is 2.83. The summed E-state index contributed by atoms with van der Waals surface area (Å²) in [5.41, 5.74) is 3.46. The van der Waals surface area contributed by atoms with Crippen LogP contribution in [0.3, 0.4) is 0 Å². The smallest absolute Gasteiger partial charge is 0.310 e. The van der Waals surface area contributed by atoms with Gasteiger partial charge in [-0.1, -0.05) is 72.3 Å². The van der Waals surface area contributed by atoms with E-state index in [0.29, 0.717) is 17.2 Å². The van der Waals surface area contributed by atoms with Gasteiger partial charge >= 0.3 is 5.97 Å². The molecular weight excluding hydrogens is 388 g/mol. The van der Waals surface area contributed by atoms with Crippen molar-refractivity contribution in [2.45, 2.75) is 11.3 Å². The average molecular weight is 410 g/mol. The molecule has 2 nitrogen and oxygen atoms in total. The third-order valence-corrected chi connectivity index (χ3v) is 6.59. The van der Waals surface area contributed by atoms with Gasteiger partial charge in [-0.25, -0.2) is 0 Å². The SMILES string of the molecule is COC(=O)CC[S+](C=C(c1ccccc1)c1ccccc1)c1ccc(Cl)cc1. The second-order valence-electron chi connectivity index (χ2n) is 6.18. The Morgan fingerprint density at radius 3 is 1.93 bits per heavy atom. The van der Waals surface area contributed by atoms with Crippen molar-refractivity contribution in [3.63, 3.8) is 0 Å². The summed E-state index contributed by atoms with van der Waals surface area (Å²) in [6.07, 6.45) is 0.371. The zero-order chi connectivity index (χ0) is 19.8. The lowest BCUT2D eigenvalue weighted by molar-refractivity contribution is -0.140. The van der Waals surface area contributed by atoms with Crippen LogP contribution < -0.4 is 0 Å². The van der Waals surface area contributed by atoms with Crippen molar-refractivity contribution in [3.8, 4) is 0 Å². The van der Waals surface area contributed by atoms with Crippen molar-refractivity contribution >= 4 is 34.0 Å². The molecule has 0 aliphatic carbocycles. The standard InChI is InChI=1S/C24H22ClO2S/c1-27-24(26)16-17-28(22-14-12-21(25)13-15-22)18-23(19-8-4-2-5-9-19)20-10-6-3-7-11-20/h2-15,18H,16-17H2,1H3/q+1. The summed E-state index contributed by atoms with van der Waals surface area (Å²) in [6, 6.07) is 28.5. The Labute approximate surface area is 174 Å². The second kappa shape index (κ2) is 10.2. The van der Waals surface area contributed by atoms with Crippen LogP contribution in [0.15, 0.2) is 95.2 Å². The summed E-state index contributed by atoms with van der Waals surface area (Å²) >= 11 is 6.08. The Balaban J connectivity index is 2.04. The number of carbonyl (C=O) groups excluding carboxylic acids is 1. The first kappa shape index (κ1) is 20.2. The monoisotopic (exact) mass is 409 g/mol. The molecular formula is C24H22ClO2S+. The molecule has 3 aromatic carbocycles. The molecule has 0 amide bonds. The van der Waals surface area contributed by atoms with Crippen LogP contribution in [-0.2, 0) is 20.4 Å². The molecule has 0 spiro atoms. The predicted molar refractivity (Wildman–Crippen MR) is 119 cm³/mol. The van der Waals surface area contributed by atoms with Gasteiger partial charge in [0.15, 0.2) is 4.90 Å². The van der Waals surface area contributed by atoms with Crippen LogP contribution in [0.4, 0.5) is 0 Å². The highest BCUT2D eigenvalue weighted by molar-refractivity contribution is 7.99. The second-order valence-corrected chi connectivity index (χ2v) is 8.59. The number of esters is 1. The lowest BCUT2D eigenvalue weighted by Gasteiger charge is -2.10. The van der Waals surface area contributed by atoms with E-state index in [2.05, 4.69) is 29.7 Å². The van der Waals surface area contributed by atoms with Crippen LogP contribution in [0.25, 0.3) is 5.57 Å². The zero-order valence-electron chi connectivity index (χ0n) is 15.7. The summed E-state index contributed by atoms with van der Waals surface area (Å²) < 4.78 is 4.85. The van der Waals surface area contributed by atoms with E-state index in [4.69, 9.17) is 16.3 Å². The first-order valence-corrected chi connectivity index (χ1v) is 10.9. The number of benzene rings is 3. The molecule has 0 aliphatic rings. The summed E-state index contributed by atoms with van der Waals surface area (Å²) in [5.74, 6) is 0.498. The largest absolute Gasteiger partial charge is 0.469 e. The number of hydrogen-bond acceptors (Lipinski definition) is 2. The van der Waals surface area contributed by atoms with Crippen LogP contribution >= 0.6 is 11.6 Å². The van der Waals surface area contributed by atoms with Crippen molar-refractivity contribution in [3.05, 3.63) is 106 Å². The molecule has 0 aliphatic heterocycles. The number of carbonyl (C=O) groups is 1. The third-order valence-electron chi connectivity index (χ3n) is 4.30. The van der Waals surface area contributed by atoms with Gasteiger partial charge in [-0.05, 0) is 35.4 Å². The molecule has 4 heteroatoms. The van der Waals surface area contributed by atoms with Crippen LogP contribution in [0.1, 0.15) is 17.5 Å². The minimum absolute atomic E-state index is 0.194. The Morgan fingerprint density at radius 2 is 1.43 bits per heavy atom. The molecule has 28 heavy (non-hydrogen) atoms. The molecule has 3 rings (SSSR count). The van der Waals surface area contributed by atoms with Crippen molar-refractivity contribution in [1.82, 2.24) is 0 Å². The summed E-state index contributed by atoms with van der Waals surface area (Å²) in [6.45, 7) is 0. The van der Waals surface area contributed by atoms with Gasteiger partial charge in [0.2, 0.25) is 0 Å². The number of hydrogen-bond donors (Lipinski definition) is 0. The molecule has 0 heterocycles. The number of ether oxygens (including phenoxy) is 1. The number of rotatable bonds is 7. The highest BCUT2D eigenvalue weighted by Crippen LogP contribution is 2.28. The third kappa shape index (κ3) is 5.51. The average Bonchev–Trinajstić information content (AvgIpc) is 2.75. The maximum Gasteiger partial charge on any atom is 0.310 e. The molecule has 0 fully saturated rings. The summed E-state index contributed by atoms with van der Waals surface area (Å²) in [4.78, 5) is 12.9. The quantitative estimate of drug-likeness (QED) is 0.355. The van der Waals surface area contributed by atoms with E-state index in [0.717, 1.165) is 21.6 Å². The van der Waals surface area contributed by atoms with E-state index < -0.39 is 0 Å². The fraction of sp³-hybridized carbons (Fsp3) is 0.125. The highest BCUT2D eigenvalue weighted by atomic mass is 35.5. The van der Waals surface area contributed by atoms with Crippen LogP contribution in [0.5, 0.6) is 0 Å². The molecule has 1 atom stereocenters. The van der Waals surface area contributed by atoms with Gasteiger partial charge in [-0.15, -0.1) is 0 Å². The summed E-state index contributed by atoms with van der Waals surface area (Å²) in [5, 5.41) is 2.98. The lowest BCUT2D eigenvalue weighted by Crippen LogP contribution is -2.12. The van der Waals surface area contributed by atoms with Crippen LogP contribution in [0, 0.1) is 0 Å². The van der Waals surface area contributed by atoms with Gasteiger partial charge in [0.05, 0.1) is 24.4 Å². The Kier molecular flexibility index (Phi) is 7.35. The van der Waals surface area contributed by atoms with E-state index in [9.17, 15) is 4.79 Å². The predicted octanol–water partition coefficient (Wildman–Crippen LogP) is 5.97. The molecule has 142 valence electrons. The Morgan fingerprint density at radius 1 is 0.893 bits per heavy atom. The van der Waals surface area contributed by atoms with Gasteiger partial charge < -0.3 is 4.74 Å².